The Kier molecular flexibility index (Phi) is 5.84. The molecule has 1 aromatic rings. The summed E-state index contributed by atoms with van der Waals surface area (Å²) in [5, 5.41) is 0.476. The molecular formula is C13H18Cl2N2O2S2. The molecule has 1 aliphatic heterocycles. The van der Waals surface area contributed by atoms with E-state index in [9.17, 15) is 8.42 Å². The van der Waals surface area contributed by atoms with Crippen molar-refractivity contribution < 1.29 is 8.42 Å². The van der Waals surface area contributed by atoms with Crippen LogP contribution in [0, 0.1) is 0 Å². The van der Waals surface area contributed by atoms with E-state index in [1.54, 1.807) is 30.0 Å². The fourth-order valence-electron chi connectivity index (χ4n) is 2.57. The van der Waals surface area contributed by atoms with Gasteiger partial charge in [0.2, 0.25) is 0 Å². The number of rotatable bonds is 4. The Hall–Kier alpha value is 0.0200. The lowest BCUT2D eigenvalue weighted by molar-refractivity contribution is 0.198. The second kappa shape index (κ2) is 7.06. The van der Waals surface area contributed by atoms with Crippen LogP contribution in [0.2, 0.25) is 10.0 Å². The average Bonchev–Trinajstić information content (AvgIpc) is 2.42. The van der Waals surface area contributed by atoms with E-state index in [1.165, 1.54) is 6.26 Å². The first kappa shape index (κ1) is 17.4. The van der Waals surface area contributed by atoms with E-state index < -0.39 is 15.2 Å². The molecule has 0 amide bonds. The van der Waals surface area contributed by atoms with Crippen molar-refractivity contribution in [2.24, 2.45) is 5.73 Å². The minimum atomic E-state index is -3.20. The van der Waals surface area contributed by atoms with Crippen molar-refractivity contribution in [2.45, 2.75) is 11.4 Å². The minimum absolute atomic E-state index is 0.264. The molecular weight excluding hydrogens is 351 g/mol. The highest BCUT2D eigenvalue weighted by Crippen LogP contribution is 2.36. The van der Waals surface area contributed by atoms with Gasteiger partial charge in [-0.05, 0) is 12.1 Å². The standard InChI is InChI=1S/C13H18Cl2N2O2S2/c1-21(18,19)12-8-20-6-5-17(12)11(7-16)13-9(14)3-2-4-10(13)15/h2-4,11-12H,5-8,16H2,1H3. The molecule has 2 rings (SSSR count). The zero-order chi connectivity index (χ0) is 15.6. The van der Waals surface area contributed by atoms with Crippen LogP contribution in [0.5, 0.6) is 0 Å². The summed E-state index contributed by atoms with van der Waals surface area (Å²) in [5.74, 6) is 1.40. The number of hydrogen-bond acceptors (Lipinski definition) is 5. The van der Waals surface area contributed by atoms with Gasteiger partial charge in [-0.15, -0.1) is 0 Å². The molecule has 0 radical (unpaired) electrons. The van der Waals surface area contributed by atoms with Crippen LogP contribution in [-0.4, -0.2) is 49.5 Å². The van der Waals surface area contributed by atoms with Crippen LogP contribution in [0.4, 0.5) is 0 Å². The van der Waals surface area contributed by atoms with Crippen LogP contribution >= 0.6 is 35.0 Å². The Balaban J connectivity index is 2.44. The molecule has 8 heteroatoms. The van der Waals surface area contributed by atoms with Gasteiger partial charge in [0.15, 0.2) is 9.84 Å². The molecule has 0 saturated carbocycles. The summed E-state index contributed by atoms with van der Waals surface area (Å²) in [6.07, 6.45) is 1.26. The van der Waals surface area contributed by atoms with Gasteiger partial charge in [0.05, 0.1) is 6.04 Å². The maximum Gasteiger partial charge on any atom is 0.164 e. The summed E-state index contributed by atoms with van der Waals surface area (Å²) in [6.45, 7) is 0.909. The normalized spacial score (nSPS) is 22.2. The molecule has 21 heavy (non-hydrogen) atoms. The molecule has 0 spiro atoms. The van der Waals surface area contributed by atoms with Gasteiger partial charge >= 0.3 is 0 Å². The fraction of sp³-hybridized carbons (Fsp3) is 0.538. The number of thioether (sulfide) groups is 1. The molecule has 2 N–H and O–H groups in total. The van der Waals surface area contributed by atoms with Crippen LogP contribution in [0.3, 0.4) is 0 Å². The SMILES string of the molecule is CS(=O)(=O)C1CSCCN1C(CN)c1c(Cl)cccc1Cl. The first-order chi connectivity index (χ1) is 9.86. The molecule has 2 unspecified atom stereocenters. The van der Waals surface area contributed by atoms with E-state index in [0.717, 1.165) is 5.75 Å². The fourth-order valence-corrected chi connectivity index (χ4v) is 6.14. The first-order valence-corrected chi connectivity index (χ1v) is 10.4. The average molecular weight is 369 g/mol. The van der Waals surface area contributed by atoms with Crippen molar-refractivity contribution in [2.75, 3.05) is 30.9 Å². The molecule has 118 valence electrons. The molecule has 0 aromatic heterocycles. The summed E-state index contributed by atoms with van der Waals surface area (Å²) in [6, 6.07) is 4.97. The number of nitrogens with zero attached hydrogens (tertiary/aromatic N) is 1. The van der Waals surface area contributed by atoms with Crippen LogP contribution < -0.4 is 5.73 Å². The minimum Gasteiger partial charge on any atom is -0.329 e. The summed E-state index contributed by atoms with van der Waals surface area (Å²) in [5.41, 5.74) is 6.63. The molecule has 1 fully saturated rings. The van der Waals surface area contributed by atoms with Crippen LogP contribution in [-0.2, 0) is 9.84 Å². The molecule has 1 heterocycles. The second-order valence-corrected chi connectivity index (χ2v) is 9.15. The largest absolute Gasteiger partial charge is 0.329 e. The van der Waals surface area contributed by atoms with Crippen LogP contribution in [0.1, 0.15) is 11.6 Å². The summed E-state index contributed by atoms with van der Waals surface area (Å²) in [7, 11) is -3.20. The highest BCUT2D eigenvalue weighted by atomic mass is 35.5. The first-order valence-electron chi connectivity index (χ1n) is 6.52. The molecule has 1 aromatic carbocycles. The van der Waals surface area contributed by atoms with Gasteiger partial charge in [0, 0.05) is 46.5 Å². The van der Waals surface area contributed by atoms with E-state index in [-0.39, 0.29) is 12.6 Å². The van der Waals surface area contributed by atoms with Gasteiger partial charge in [-0.1, -0.05) is 29.3 Å². The van der Waals surface area contributed by atoms with Crippen molar-refractivity contribution in [1.82, 2.24) is 4.90 Å². The third kappa shape index (κ3) is 3.86. The number of sulfone groups is 1. The lowest BCUT2D eigenvalue weighted by atomic mass is 10.0. The van der Waals surface area contributed by atoms with E-state index in [0.29, 0.717) is 27.9 Å². The summed E-state index contributed by atoms with van der Waals surface area (Å²) >= 11 is 14.2. The van der Waals surface area contributed by atoms with Gasteiger partial charge < -0.3 is 5.73 Å². The smallest absolute Gasteiger partial charge is 0.164 e. The molecule has 0 aliphatic carbocycles. The predicted octanol–water partition coefficient (Wildman–Crippen LogP) is 2.41. The van der Waals surface area contributed by atoms with Crippen LogP contribution in [0.25, 0.3) is 0 Å². The quantitative estimate of drug-likeness (QED) is 0.883. The Labute approximate surface area is 139 Å². The zero-order valence-electron chi connectivity index (χ0n) is 11.6. The molecule has 2 atom stereocenters. The monoisotopic (exact) mass is 368 g/mol. The molecule has 0 bridgehead atoms. The van der Waals surface area contributed by atoms with Crippen molar-refractivity contribution in [3.8, 4) is 0 Å². The highest BCUT2D eigenvalue weighted by Gasteiger charge is 2.36. The lowest BCUT2D eigenvalue weighted by Crippen LogP contribution is -2.50. The third-order valence-electron chi connectivity index (χ3n) is 3.57. The Morgan fingerprint density at radius 3 is 2.57 bits per heavy atom. The third-order valence-corrected chi connectivity index (χ3v) is 6.89. The Morgan fingerprint density at radius 2 is 2.05 bits per heavy atom. The van der Waals surface area contributed by atoms with E-state index >= 15 is 0 Å². The van der Waals surface area contributed by atoms with E-state index in [4.69, 9.17) is 28.9 Å². The van der Waals surface area contributed by atoms with Gasteiger partial charge in [0.1, 0.15) is 5.37 Å². The molecule has 1 aliphatic rings. The predicted molar refractivity (Wildman–Crippen MR) is 90.9 cm³/mol. The lowest BCUT2D eigenvalue weighted by Gasteiger charge is -2.40. The van der Waals surface area contributed by atoms with E-state index in [2.05, 4.69) is 0 Å². The second-order valence-electron chi connectivity index (χ2n) is 4.98. The van der Waals surface area contributed by atoms with Crippen LogP contribution in [0.15, 0.2) is 18.2 Å². The number of nitrogens with two attached hydrogens (primary N) is 1. The van der Waals surface area contributed by atoms with Gasteiger partial charge in [-0.2, -0.15) is 11.8 Å². The number of hydrogen-bond donors (Lipinski definition) is 1. The maximum absolute atomic E-state index is 12.1. The van der Waals surface area contributed by atoms with Gasteiger partial charge in [0.25, 0.3) is 0 Å². The Morgan fingerprint density at radius 1 is 1.43 bits per heavy atom. The van der Waals surface area contributed by atoms with Gasteiger partial charge in [-0.25, -0.2) is 8.42 Å². The summed E-state index contributed by atoms with van der Waals surface area (Å²) < 4.78 is 24.1. The van der Waals surface area contributed by atoms with Crippen molar-refractivity contribution in [3.63, 3.8) is 0 Å². The molecule has 1 saturated heterocycles. The number of halogens is 2. The van der Waals surface area contributed by atoms with Gasteiger partial charge in [-0.3, -0.25) is 4.90 Å². The summed E-state index contributed by atoms with van der Waals surface area (Å²) in [4.78, 5) is 1.92. The van der Waals surface area contributed by atoms with Crippen molar-refractivity contribution in [1.29, 1.82) is 0 Å². The van der Waals surface area contributed by atoms with Crippen molar-refractivity contribution in [3.05, 3.63) is 33.8 Å². The van der Waals surface area contributed by atoms with Crippen molar-refractivity contribution >= 4 is 44.8 Å². The zero-order valence-corrected chi connectivity index (χ0v) is 14.8. The Bertz CT molecular complexity index is 590. The maximum atomic E-state index is 12.1. The number of benzene rings is 1. The highest BCUT2D eigenvalue weighted by molar-refractivity contribution is 8.00. The van der Waals surface area contributed by atoms with E-state index in [1.807, 2.05) is 4.90 Å². The topological polar surface area (TPSA) is 63.4 Å². The molecule has 4 nitrogen and oxygen atoms in total.